The molecule has 4 nitrogen and oxygen atoms in total. The van der Waals surface area contributed by atoms with Crippen molar-refractivity contribution in [2.24, 2.45) is 0 Å². The Morgan fingerprint density at radius 3 is 2.94 bits per heavy atom. The minimum absolute atomic E-state index is 0.254. The zero-order chi connectivity index (χ0) is 13.0. The highest BCUT2D eigenvalue weighted by Crippen LogP contribution is 2.20. The van der Waals surface area contributed by atoms with Gasteiger partial charge in [0.1, 0.15) is 0 Å². The molecule has 0 saturated heterocycles. The number of aromatic nitrogens is 2. The molecule has 18 heavy (non-hydrogen) atoms. The Labute approximate surface area is 109 Å². The third-order valence-corrected chi connectivity index (χ3v) is 3.25. The molecule has 0 unspecified atom stereocenters. The third-order valence-electron chi connectivity index (χ3n) is 2.30. The van der Waals surface area contributed by atoms with Gasteiger partial charge in [0, 0.05) is 17.6 Å². The molecule has 0 aliphatic rings. The van der Waals surface area contributed by atoms with Gasteiger partial charge in [0.2, 0.25) is 0 Å². The lowest BCUT2D eigenvalue weighted by Crippen LogP contribution is -1.97. The molecule has 2 aromatic rings. The van der Waals surface area contributed by atoms with Crippen molar-refractivity contribution in [3.8, 4) is 0 Å². The van der Waals surface area contributed by atoms with Crippen LogP contribution in [0.4, 0.5) is 0 Å². The van der Waals surface area contributed by atoms with Crippen LogP contribution in [-0.4, -0.2) is 21.0 Å². The topological polar surface area (TPSA) is 63.1 Å². The van der Waals surface area contributed by atoms with Gasteiger partial charge in [-0.3, -0.25) is 4.98 Å². The Kier molecular flexibility index (Phi) is 3.94. The molecular weight excluding hydrogens is 248 g/mol. The highest BCUT2D eigenvalue weighted by Gasteiger charge is 2.05. The van der Waals surface area contributed by atoms with E-state index in [1.165, 1.54) is 24.0 Å². The van der Waals surface area contributed by atoms with Crippen LogP contribution in [0.2, 0.25) is 0 Å². The number of rotatable bonds is 4. The summed E-state index contributed by atoms with van der Waals surface area (Å²) in [6.45, 7) is 1.94. The average Bonchev–Trinajstić information content (AvgIpc) is 2.37. The number of carboxylic acid groups (broad SMARTS) is 1. The molecule has 0 atom stereocenters. The first-order valence-electron chi connectivity index (χ1n) is 5.40. The van der Waals surface area contributed by atoms with E-state index in [1.54, 1.807) is 6.07 Å². The normalized spacial score (nSPS) is 10.3. The van der Waals surface area contributed by atoms with E-state index in [0.29, 0.717) is 10.8 Å². The van der Waals surface area contributed by atoms with E-state index in [1.807, 2.05) is 25.1 Å². The van der Waals surface area contributed by atoms with Gasteiger partial charge in [0.05, 0.1) is 16.3 Å². The maximum absolute atomic E-state index is 10.8. The Bertz CT molecular complexity index is 572. The summed E-state index contributed by atoms with van der Waals surface area (Å²) in [4.78, 5) is 19.3. The molecule has 5 heteroatoms. The number of carboxylic acids is 1. The molecule has 2 heterocycles. The predicted octanol–water partition coefficient (Wildman–Crippen LogP) is 2.78. The molecule has 0 saturated carbocycles. The van der Waals surface area contributed by atoms with Crippen molar-refractivity contribution in [3.63, 3.8) is 0 Å². The Hall–Kier alpha value is -1.88. The van der Waals surface area contributed by atoms with E-state index in [2.05, 4.69) is 9.97 Å². The van der Waals surface area contributed by atoms with Crippen LogP contribution < -0.4 is 0 Å². The summed E-state index contributed by atoms with van der Waals surface area (Å²) in [6, 6.07) is 8.90. The fraction of sp³-hybridized carbons (Fsp3) is 0.154. The second-order valence-corrected chi connectivity index (χ2v) is 4.74. The second kappa shape index (κ2) is 5.64. The van der Waals surface area contributed by atoms with Crippen LogP contribution in [0.3, 0.4) is 0 Å². The first-order chi connectivity index (χ1) is 8.65. The van der Waals surface area contributed by atoms with Crippen molar-refractivity contribution < 1.29 is 9.90 Å². The van der Waals surface area contributed by atoms with Crippen molar-refractivity contribution in [1.82, 2.24) is 9.97 Å². The second-order valence-electron chi connectivity index (χ2n) is 3.75. The quantitative estimate of drug-likeness (QED) is 0.856. The molecule has 2 rings (SSSR count). The van der Waals surface area contributed by atoms with Gasteiger partial charge in [-0.15, -0.1) is 11.8 Å². The van der Waals surface area contributed by atoms with Crippen molar-refractivity contribution in [3.05, 3.63) is 53.5 Å². The van der Waals surface area contributed by atoms with Crippen molar-refractivity contribution in [1.29, 1.82) is 0 Å². The Balaban J connectivity index is 2.06. The summed E-state index contributed by atoms with van der Waals surface area (Å²) < 4.78 is 0. The summed E-state index contributed by atoms with van der Waals surface area (Å²) in [5, 5.41) is 9.57. The Morgan fingerprint density at radius 1 is 1.39 bits per heavy atom. The van der Waals surface area contributed by atoms with E-state index in [4.69, 9.17) is 5.11 Å². The number of carbonyl (C=O) groups is 1. The molecular formula is C13H12N2O2S. The molecule has 0 amide bonds. The minimum atomic E-state index is -0.937. The van der Waals surface area contributed by atoms with Crippen molar-refractivity contribution in [2.45, 2.75) is 17.7 Å². The number of nitrogens with zero attached hydrogens (tertiary/aromatic N) is 2. The minimum Gasteiger partial charge on any atom is -0.478 e. The van der Waals surface area contributed by atoms with Gasteiger partial charge in [-0.2, -0.15) is 0 Å². The number of aryl methyl sites for hydroxylation is 1. The monoisotopic (exact) mass is 260 g/mol. The average molecular weight is 260 g/mol. The lowest BCUT2D eigenvalue weighted by Gasteiger charge is -2.02. The van der Waals surface area contributed by atoms with E-state index in [0.717, 1.165) is 11.4 Å². The molecule has 0 aliphatic heterocycles. The SMILES string of the molecule is Cc1cccc(CSc2cc(C(=O)O)ccn2)n1. The lowest BCUT2D eigenvalue weighted by atomic mass is 10.3. The smallest absolute Gasteiger partial charge is 0.335 e. The molecule has 0 spiro atoms. The molecule has 0 aromatic carbocycles. The maximum Gasteiger partial charge on any atom is 0.335 e. The maximum atomic E-state index is 10.8. The fourth-order valence-corrected chi connectivity index (χ4v) is 2.25. The van der Waals surface area contributed by atoms with Crippen molar-refractivity contribution in [2.75, 3.05) is 0 Å². The zero-order valence-electron chi connectivity index (χ0n) is 9.83. The van der Waals surface area contributed by atoms with Crippen LogP contribution in [0.15, 0.2) is 41.6 Å². The molecule has 0 fully saturated rings. The van der Waals surface area contributed by atoms with Gasteiger partial charge in [0.25, 0.3) is 0 Å². The van der Waals surface area contributed by atoms with E-state index < -0.39 is 5.97 Å². The van der Waals surface area contributed by atoms with Gasteiger partial charge in [0.15, 0.2) is 0 Å². The number of aromatic carboxylic acids is 1. The first kappa shape index (κ1) is 12.6. The lowest BCUT2D eigenvalue weighted by molar-refractivity contribution is 0.0696. The molecule has 0 bridgehead atoms. The molecule has 0 radical (unpaired) electrons. The van der Waals surface area contributed by atoms with E-state index in [9.17, 15) is 4.79 Å². The number of pyridine rings is 2. The van der Waals surface area contributed by atoms with Crippen LogP contribution >= 0.6 is 11.8 Å². The number of hydrogen-bond donors (Lipinski definition) is 1. The summed E-state index contributed by atoms with van der Waals surface area (Å²) in [5.41, 5.74) is 2.19. The number of thioether (sulfide) groups is 1. The van der Waals surface area contributed by atoms with Gasteiger partial charge in [-0.05, 0) is 31.2 Å². The van der Waals surface area contributed by atoms with Crippen LogP contribution in [0.25, 0.3) is 0 Å². The number of hydrogen-bond acceptors (Lipinski definition) is 4. The van der Waals surface area contributed by atoms with Gasteiger partial charge < -0.3 is 5.11 Å². The third kappa shape index (κ3) is 3.30. The van der Waals surface area contributed by atoms with Gasteiger partial charge in [-0.25, -0.2) is 9.78 Å². The standard InChI is InChI=1S/C13H12N2O2S/c1-9-3-2-4-11(15-9)8-18-12-7-10(13(16)17)5-6-14-12/h2-7H,8H2,1H3,(H,16,17). The molecule has 92 valence electrons. The van der Waals surface area contributed by atoms with Crippen molar-refractivity contribution >= 4 is 17.7 Å². The van der Waals surface area contributed by atoms with Gasteiger partial charge in [-0.1, -0.05) is 6.07 Å². The summed E-state index contributed by atoms with van der Waals surface area (Å²) in [6.07, 6.45) is 1.51. The van der Waals surface area contributed by atoms with E-state index in [-0.39, 0.29) is 5.56 Å². The van der Waals surface area contributed by atoms with Crippen LogP contribution in [0.1, 0.15) is 21.7 Å². The van der Waals surface area contributed by atoms with Crippen LogP contribution in [0.5, 0.6) is 0 Å². The summed E-state index contributed by atoms with van der Waals surface area (Å²) >= 11 is 1.48. The summed E-state index contributed by atoms with van der Waals surface area (Å²) in [5.74, 6) is -0.259. The molecule has 1 N–H and O–H groups in total. The fourth-order valence-electron chi connectivity index (χ4n) is 1.45. The largest absolute Gasteiger partial charge is 0.478 e. The first-order valence-corrected chi connectivity index (χ1v) is 6.38. The Morgan fingerprint density at radius 2 is 2.22 bits per heavy atom. The van der Waals surface area contributed by atoms with Crippen LogP contribution in [0, 0.1) is 6.92 Å². The summed E-state index contributed by atoms with van der Waals surface area (Å²) in [7, 11) is 0. The van der Waals surface area contributed by atoms with E-state index >= 15 is 0 Å². The van der Waals surface area contributed by atoms with Gasteiger partial charge >= 0.3 is 5.97 Å². The molecule has 0 aliphatic carbocycles. The zero-order valence-corrected chi connectivity index (χ0v) is 10.6. The van der Waals surface area contributed by atoms with Crippen LogP contribution in [-0.2, 0) is 5.75 Å². The highest BCUT2D eigenvalue weighted by molar-refractivity contribution is 7.98. The molecule has 2 aromatic heterocycles. The highest BCUT2D eigenvalue weighted by atomic mass is 32.2. The predicted molar refractivity (Wildman–Crippen MR) is 69.7 cm³/mol.